The van der Waals surface area contributed by atoms with Gasteiger partial charge in [0.1, 0.15) is 5.69 Å². The van der Waals surface area contributed by atoms with E-state index in [0.29, 0.717) is 5.69 Å². The summed E-state index contributed by atoms with van der Waals surface area (Å²) in [4.78, 5) is 16.8. The summed E-state index contributed by atoms with van der Waals surface area (Å²) >= 11 is 5.20. The summed E-state index contributed by atoms with van der Waals surface area (Å²) in [6.07, 6.45) is 0. The molecule has 4 aromatic rings. The number of nitrogens with zero attached hydrogens (tertiary/aromatic N) is 5. The van der Waals surface area contributed by atoms with Gasteiger partial charge in [-0.05, 0) is 50.6 Å². The SMILES string of the molecule is Cc1cc(C(F)(F)Cl)n2nc(C(=O)NCc3c(C)nn(-c4ccccc4)c3C)cc2n1. The molecule has 0 aliphatic carbocycles. The van der Waals surface area contributed by atoms with Gasteiger partial charge in [-0.2, -0.15) is 19.0 Å². The summed E-state index contributed by atoms with van der Waals surface area (Å²) in [7, 11) is 0. The van der Waals surface area contributed by atoms with Crippen molar-refractivity contribution >= 4 is 23.2 Å². The number of rotatable bonds is 5. The number of para-hydroxylation sites is 1. The number of fused-ring (bicyclic) bond motifs is 1. The number of alkyl halides is 3. The van der Waals surface area contributed by atoms with Crippen LogP contribution in [0.2, 0.25) is 0 Å². The number of aryl methyl sites for hydroxylation is 2. The highest BCUT2D eigenvalue weighted by Crippen LogP contribution is 2.32. The van der Waals surface area contributed by atoms with Crippen molar-refractivity contribution in [3.63, 3.8) is 0 Å². The molecule has 1 amide bonds. The fourth-order valence-corrected chi connectivity index (χ4v) is 3.56. The predicted octanol–water partition coefficient (Wildman–Crippen LogP) is 4.06. The molecule has 4 rings (SSSR count). The Labute approximate surface area is 181 Å². The summed E-state index contributed by atoms with van der Waals surface area (Å²) < 4.78 is 30.2. The zero-order chi connectivity index (χ0) is 22.3. The van der Waals surface area contributed by atoms with Crippen LogP contribution in [-0.2, 0) is 11.9 Å². The molecule has 0 spiro atoms. The molecule has 0 aliphatic heterocycles. The van der Waals surface area contributed by atoms with Gasteiger partial charge in [-0.3, -0.25) is 4.79 Å². The van der Waals surface area contributed by atoms with Gasteiger partial charge < -0.3 is 5.32 Å². The van der Waals surface area contributed by atoms with E-state index in [2.05, 4.69) is 20.5 Å². The van der Waals surface area contributed by atoms with Gasteiger partial charge in [-0.1, -0.05) is 18.2 Å². The Balaban J connectivity index is 1.59. The second-order valence-electron chi connectivity index (χ2n) is 7.16. The van der Waals surface area contributed by atoms with Crippen LogP contribution in [0.25, 0.3) is 11.3 Å². The van der Waals surface area contributed by atoms with Crippen LogP contribution in [0.4, 0.5) is 8.78 Å². The van der Waals surface area contributed by atoms with Gasteiger partial charge in [0.2, 0.25) is 0 Å². The second-order valence-corrected chi connectivity index (χ2v) is 7.63. The second kappa shape index (κ2) is 7.73. The number of aromatic nitrogens is 5. The number of carbonyl (C=O) groups is 1. The highest BCUT2D eigenvalue weighted by atomic mass is 35.5. The Morgan fingerprint density at radius 1 is 1.13 bits per heavy atom. The van der Waals surface area contributed by atoms with Crippen molar-refractivity contribution < 1.29 is 13.6 Å². The Kier molecular flexibility index (Phi) is 5.22. The van der Waals surface area contributed by atoms with Crippen LogP contribution in [-0.4, -0.2) is 30.3 Å². The first-order valence-electron chi connectivity index (χ1n) is 9.48. The lowest BCUT2D eigenvalue weighted by Crippen LogP contribution is -2.24. The Hall–Kier alpha value is -3.33. The minimum Gasteiger partial charge on any atom is -0.346 e. The summed E-state index contributed by atoms with van der Waals surface area (Å²) in [6, 6.07) is 12.1. The highest BCUT2D eigenvalue weighted by molar-refractivity contribution is 6.21. The van der Waals surface area contributed by atoms with Gasteiger partial charge in [0.05, 0.1) is 11.4 Å². The molecule has 31 heavy (non-hydrogen) atoms. The number of hydrogen-bond donors (Lipinski definition) is 1. The number of halogens is 3. The average Bonchev–Trinajstić information content (AvgIpc) is 3.26. The zero-order valence-electron chi connectivity index (χ0n) is 17.0. The first kappa shape index (κ1) is 20.9. The van der Waals surface area contributed by atoms with Gasteiger partial charge in [-0.15, -0.1) is 0 Å². The summed E-state index contributed by atoms with van der Waals surface area (Å²) in [5.74, 6) is -0.516. The van der Waals surface area contributed by atoms with Crippen LogP contribution in [0, 0.1) is 20.8 Å². The first-order chi connectivity index (χ1) is 14.6. The van der Waals surface area contributed by atoms with E-state index in [4.69, 9.17) is 11.6 Å². The molecule has 10 heteroatoms. The zero-order valence-corrected chi connectivity index (χ0v) is 17.8. The van der Waals surface area contributed by atoms with Crippen LogP contribution in [0.15, 0.2) is 42.5 Å². The molecule has 0 fully saturated rings. The van der Waals surface area contributed by atoms with Crippen LogP contribution < -0.4 is 5.32 Å². The third-order valence-electron chi connectivity index (χ3n) is 4.95. The van der Waals surface area contributed by atoms with Crippen LogP contribution in [0.1, 0.15) is 38.8 Å². The van der Waals surface area contributed by atoms with E-state index in [-0.39, 0.29) is 17.9 Å². The normalized spacial score (nSPS) is 11.8. The quantitative estimate of drug-likeness (QED) is 0.471. The van der Waals surface area contributed by atoms with Gasteiger partial charge in [0, 0.05) is 29.6 Å². The fourth-order valence-electron chi connectivity index (χ4n) is 3.42. The molecule has 0 atom stereocenters. The molecular formula is C21H19ClF2N6O. The molecule has 3 heterocycles. The van der Waals surface area contributed by atoms with E-state index in [0.717, 1.165) is 33.2 Å². The van der Waals surface area contributed by atoms with E-state index in [1.165, 1.54) is 6.07 Å². The smallest absolute Gasteiger partial charge is 0.346 e. The molecule has 160 valence electrons. The number of benzene rings is 1. The third-order valence-corrected chi connectivity index (χ3v) is 5.14. The third kappa shape index (κ3) is 4.00. The van der Waals surface area contributed by atoms with Crippen molar-refractivity contribution in [1.82, 2.24) is 29.7 Å². The van der Waals surface area contributed by atoms with E-state index in [1.54, 1.807) is 6.92 Å². The Morgan fingerprint density at radius 3 is 2.52 bits per heavy atom. The lowest BCUT2D eigenvalue weighted by atomic mass is 10.2. The molecule has 0 saturated heterocycles. The van der Waals surface area contributed by atoms with Gasteiger partial charge in [0.15, 0.2) is 11.3 Å². The molecular weight excluding hydrogens is 426 g/mol. The number of nitrogens with one attached hydrogen (secondary N) is 1. The first-order valence-corrected chi connectivity index (χ1v) is 9.86. The maximum atomic E-state index is 13.7. The number of amides is 1. The summed E-state index contributed by atoms with van der Waals surface area (Å²) in [5.41, 5.74) is 3.31. The summed E-state index contributed by atoms with van der Waals surface area (Å²) in [5, 5.41) is 7.67. The van der Waals surface area contributed by atoms with Crippen LogP contribution >= 0.6 is 11.6 Å². The van der Waals surface area contributed by atoms with E-state index < -0.39 is 17.0 Å². The number of carbonyl (C=O) groups excluding carboxylic acids is 1. The van der Waals surface area contributed by atoms with Crippen LogP contribution in [0.3, 0.4) is 0 Å². The van der Waals surface area contributed by atoms with Crippen molar-refractivity contribution in [3.05, 3.63) is 76.5 Å². The summed E-state index contributed by atoms with van der Waals surface area (Å²) in [6.45, 7) is 5.55. The molecule has 0 unspecified atom stereocenters. The molecule has 1 N–H and O–H groups in total. The fraction of sp³-hybridized carbons (Fsp3) is 0.238. The van der Waals surface area contributed by atoms with Gasteiger partial charge >= 0.3 is 5.38 Å². The Bertz CT molecular complexity index is 1280. The molecule has 1 aromatic carbocycles. The monoisotopic (exact) mass is 444 g/mol. The van der Waals surface area contributed by atoms with Crippen LogP contribution in [0.5, 0.6) is 0 Å². The van der Waals surface area contributed by atoms with Crippen molar-refractivity contribution in [2.45, 2.75) is 32.7 Å². The molecule has 0 radical (unpaired) electrons. The minimum atomic E-state index is -3.65. The maximum Gasteiger partial charge on any atom is 0.364 e. The molecule has 0 bridgehead atoms. The standard InChI is InChI=1S/C21H19ClF2N6O/c1-12-9-18(21(22,23)24)30-19(26-12)10-17(28-30)20(31)25-11-16-13(2)27-29(14(16)3)15-7-5-4-6-8-15/h4-10H,11H2,1-3H3,(H,25,31). The maximum absolute atomic E-state index is 13.7. The molecule has 0 saturated carbocycles. The van der Waals surface area contributed by atoms with Crippen molar-refractivity contribution in [3.8, 4) is 5.69 Å². The largest absolute Gasteiger partial charge is 0.364 e. The highest BCUT2D eigenvalue weighted by Gasteiger charge is 2.32. The molecule has 7 nitrogen and oxygen atoms in total. The average molecular weight is 445 g/mol. The lowest BCUT2D eigenvalue weighted by molar-refractivity contribution is 0.0864. The van der Waals surface area contributed by atoms with E-state index in [1.807, 2.05) is 48.9 Å². The topological polar surface area (TPSA) is 77.1 Å². The van der Waals surface area contributed by atoms with Crippen molar-refractivity contribution in [2.75, 3.05) is 0 Å². The van der Waals surface area contributed by atoms with Crippen molar-refractivity contribution in [2.24, 2.45) is 0 Å². The minimum absolute atomic E-state index is 0.0361. The van der Waals surface area contributed by atoms with Gasteiger partial charge in [-0.25, -0.2) is 14.2 Å². The predicted molar refractivity (Wildman–Crippen MR) is 112 cm³/mol. The van der Waals surface area contributed by atoms with Crippen molar-refractivity contribution in [1.29, 1.82) is 0 Å². The molecule has 3 aromatic heterocycles. The number of hydrogen-bond acceptors (Lipinski definition) is 4. The lowest BCUT2D eigenvalue weighted by Gasteiger charge is -2.10. The molecule has 0 aliphatic rings. The van der Waals surface area contributed by atoms with E-state index >= 15 is 0 Å². The van der Waals surface area contributed by atoms with E-state index in [9.17, 15) is 13.6 Å². The van der Waals surface area contributed by atoms with Gasteiger partial charge in [0.25, 0.3) is 5.91 Å². The Morgan fingerprint density at radius 2 is 1.84 bits per heavy atom.